The van der Waals surface area contributed by atoms with Crippen LogP contribution in [0.4, 0.5) is 0 Å². The van der Waals surface area contributed by atoms with Gasteiger partial charge in [0.25, 0.3) is 5.56 Å². The fourth-order valence-electron chi connectivity index (χ4n) is 2.77. The van der Waals surface area contributed by atoms with Gasteiger partial charge in [-0.05, 0) is 18.2 Å². The lowest BCUT2D eigenvalue weighted by Crippen LogP contribution is -2.32. The van der Waals surface area contributed by atoms with Crippen molar-refractivity contribution in [3.63, 3.8) is 0 Å². The highest BCUT2D eigenvalue weighted by Gasteiger charge is 2.35. The van der Waals surface area contributed by atoms with Crippen LogP contribution in [0, 0.1) is 0 Å². The quantitative estimate of drug-likeness (QED) is 0.885. The molecule has 0 aliphatic carbocycles. The minimum atomic E-state index is -0.714. The third-order valence-electron chi connectivity index (χ3n) is 4.09. The van der Waals surface area contributed by atoms with Gasteiger partial charge in [0.1, 0.15) is 18.0 Å². The topological polar surface area (TPSA) is 71.8 Å². The second-order valence-electron chi connectivity index (χ2n) is 5.82. The SMILES string of the molecule is O=C(CCn1ccccc1=O)N1C[C@@H](O)[C@H](Oc2ccccc2)C1. The highest BCUT2D eigenvalue weighted by atomic mass is 16.5. The maximum absolute atomic E-state index is 12.3. The van der Waals surface area contributed by atoms with Crippen LogP contribution < -0.4 is 10.3 Å². The molecule has 0 saturated carbocycles. The Morgan fingerprint density at radius 2 is 1.88 bits per heavy atom. The number of ether oxygens (including phenoxy) is 1. The molecule has 1 aromatic heterocycles. The zero-order valence-corrected chi connectivity index (χ0v) is 13.2. The summed E-state index contributed by atoms with van der Waals surface area (Å²) < 4.78 is 7.25. The standard InChI is InChI=1S/C18H20N2O4/c21-15-12-20(13-16(15)24-14-6-2-1-3-7-14)18(23)9-11-19-10-5-4-8-17(19)22/h1-8,10,15-16,21H,9,11-13H2/t15-,16-/m1/s1. The van der Waals surface area contributed by atoms with Crippen LogP contribution in [0.15, 0.2) is 59.5 Å². The molecule has 2 aromatic rings. The summed E-state index contributed by atoms with van der Waals surface area (Å²) in [7, 11) is 0. The van der Waals surface area contributed by atoms with E-state index in [2.05, 4.69) is 0 Å². The number of carbonyl (C=O) groups excluding carboxylic acids is 1. The molecule has 0 bridgehead atoms. The summed E-state index contributed by atoms with van der Waals surface area (Å²) in [5, 5.41) is 10.1. The summed E-state index contributed by atoms with van der Waals surface area (Å²) in [6.07, 6.45) is 0.731. The zero-order chi connectivity index (χ0) is 16.9. The number of rotatable bonds is 5. The summed E-state index contributed by atoms with van der Waals surface area (Å²) in [5.41, 5.74) is -0.128. The first-order valence-electron chi connectivity index (χ1n) is 7.96. The number of para-hydroxylation sites is 1. The number of amides is 1. The van der Waals surface area contributed by atoms with Crippen LogP contribution in [0.5, 0.6) is 5.75 Å². The van der Waals surface area contributed by atoms with Gasteiger partial charge in [0.15, 0.2) is 0 Å². The first kappa shape index (κ1) is 16.3. The monoisotopic (exact) mass is 328 g/mol. The Hall–Kier alpha value is -2.60. The van der Waals surface area contributed by atoms with Crippen LogP contribution in [0.25, 0.3) is 0 Å². The first-order valence-corrected chi connectivity index (χ1v) is 7.96. The van der Waals surface area contributed by atoms with E-state index in [1.807, 2.05) is 30.3 Å². The van der Waals surface area contributed by atoms with Crippen LogP contribution >= 0.6 is 0 Å². The number of nitrogens with zero attached hydrogens (tertiary/aromatic N) is 2. The third-order valence-corrected chi connectivity index (χ3v) is 4.09. The molecule has 6 heteroatoms. The molecule has 1 aliphatic heterocycles. The maximum atomic E-state index is 12.3. The molecule has 2 heterocycles. The van der Waals surface area contributed by atoms with Gasteiger partial charge in [0.2, 0.25) is 5.91 Å². The van der Waals surface area contributed by atoms with E-state index in [0.29, 0.717) is 18.8 Å². The van der Waals surface area contributed by atoms with Crippen LogP contribution in [0.1, 0.15) is 6.42 Å². The van der Waals surface area contributed by atoms with Crippen molar-refractivity contribution in [2.45, 2.75) is 25.2 Å². The Kier molecular flexibility index (Phi) is 4.96. The second kappa shape index (κ2) is 7.31. The van der Waals surface area contributed by atoms with E-state index in [0.717, 1.165) is 0 Å². The Bertz CT molecular complexity index is 744. The average molecular weight is 328 g/mol. The van der Waals surface area contributed by atoms with Crippen molar-refractivity contribution in [3.8, 4) is 5.75 Å². The van der Waals surface area contributed by atoms with Crippen LogP contribution in [0.2, 0.25) is 0 Å². The minimum Gasteiger partial charge on any atom is -0.486 e. The lowest BCUT2D eigenvalue weighted by molar-refractivity contribution is -0.130. The van der Waals surface area contributed by atoms with Gasteiger partial charge >= 0.3 is 0 Å². The molecule has 1 aliphatic rings. The molecule has 1 fully saturated rings. The van der Waals surface area contributed by atoms with Crippen molar-refractivity contribution >= 4 is 5.91 Å². The second-order valence-corrected chi connectivity index (χ2v) is 5.82. The number of hydrogen-bond donors (Lipinski definition) is 1. The number of benzene rings is 1. The Morgan fingerprint density at radius 3 is 2.62 bits per heavy atom. The van der Waals surface area contributed by atoms with Crippen molar-refractivity contribution < 1.29 is 14.6 Å². The normalized spacial score (nSPS) is 20.1. The Balaban J connectivity index is 1.55. The Labute approximate surface area is 139 Å². The highest BCUT2D eigenvalue weighted by Crippen LogP contribution is 2.19. The van der Waals surface area contributed by atoms with Crippen molar-refractivity contribution in [3.05, 3.63) is 65.1 Å². The lowest BCUT2D eigenvalue weighted by atomic mass is 10.2. The van der Waals surface area contributed by atoms with Crippen molar-refractivity contribution in [1.29, 1.82) is 0 Å². The number of hydrogen-bond acceptors (Lipinski definition) is 4. The molecule has 24 heavy (non-hydrogen) atoms. The zero-order valence-electron chi connectivity index (χ0n) is 13.2. The number of pyridine rings is 1. The summed E-state index contributed by atoms with van der Waals surface area (Å²) >= 11 is 0. The highest BCUT2D eigenvalue weighted by molar-refractivity contribution is 5.76. The smallest absolute Gasteiger partial charge is 0.250 e. The number of β-amino-alcohol motifs (C(OH)–C–C–N with tert-alkyl or cyclic N) is 1. The van der Waals surface area contributed by atoms with Crippen molar-refractivity contribution in [2.75, 3.05) is 13.1 Å². The number of aliphatic hydroxyl groups excluding tert-OH is 1. The molecule has 3 rings (SSSR count). The van der Waals surface area contributed by atoms with E-state index in [-0.39, 0.29) is 24.4 Å². The number of carbonyl (C=O) groups is 1. The predicted octanol–water partition coefficient (Wildman–Crippen LogP) is 0.889. The van der Waals surface area contributed by atoms with Crippen LogP contribution in [-0.4, -0.2) is 45.8 Å². The molecule has 1 aromatic carbocycles. The molecule has 6 nitrogen and oxygen atoms in total. The van der Waals surface area contributed by atoms with Gasteiger partial charge in [-0.1, -0.05) is 24.3 Å². The fraction of sp³-hybridized carbons (Fsp3) is 0.333. The van der Waals surface area contributed by atoms with Crippen LogP contribution in [-0.2, 0) is 11.3 Å². The Morgan fingerprint density at radius 1 is 1.12 bits per heavy atom. The predicted molar refractivity (Wildman–Crippen MR) is 88.8 cm³/mol. The molecule has 0 radical (unpaired) electrons. The lowest BCUT2D eigenvalue weighted by Gasteiger charge is -2.17. The number of aliphatic hydroxyl groups is 1. The van der Waals surface area contributed by atoms with Crippen LogP contribution in [0.3, 0.4) is 0 Å². The van der Waals surface area contributed by atoms with E-state index < -0.39 is 12.2 Å². The third kappa shape index (κ3) is 3.83. The van der Waals surface area contributed by atoms with E-state index in [1.54, 1.807) is 23.2 Å². The molecule has 0 spiro atoms. The van der Waals surface area contributed by atoms with E-state index in [9.17, 15) is 14.7 Å². The summed E-state index contributed by atoms with van der Waals surface area (Å²) in [6, 6.07) is 14.1. The minimum absolute atomic E-state index is 0.0936. The molecule has 2 atom stereocenters. The van der Waals surface area contributed by atoms with Crippen molar-refractivity contribution in [1.82, 2.24) is 9.47 Å². The maximum Gasteiger partial charge on any atom is 0.250 e. The molecule has 126 valence electrons. The molecule has 0 unspecified atom stereocenters. The van der Waals surface area contributed by atoms with E-state index in [1.165, 1.54) is 10.6 Å². The van der Waals surface area contributed by atoms with E-state index >= 15 is 0 Å². The molecular formula is C18H20N2O4. The summed E-state index contributed by atoms with van der Waals surface area (Å²) in [4.78, 5) is 25.5. The summed E-state index contributed by atoms with van der Waals surface area (Å²) in [5.74, 6) is 0.579. The number of aryl methyl sites for hydroxylation is 1. The molecule has 1 N–H and O–H groups in total. The van der Waals surface area contributed by atoms with Gasteiger partial charge in [0.05, 0.1) is 13.1 Å². The largest absolute Gasteiger partial charge is 0.486 e. The van der Waals surface area contributed by atoms with Gasteiger partial charge in [0, 0.05) is 25.2 Å². The van der Waals surface area contributed by atoms with Gasteiger partial charge in [-0.15, -0.1) is 0 Å². The number of likely N-dealkylation sites (tertiary alicyclic amines) is 1. The summed E-state index contributed by atoms with van der Waals surface area (Å²) in [6.45, 7) is 0.925. The van der Waals surface area contributed by atoms with Gasteiger partial charge in [-0.25, -0.2) is 0 Å². The van der Waals surface area contributed by atoms with Crippen molar-refractivity contribution in [2.24, 2.45) is 0 Å². The molecule has 1 saturated heterocycles. The molecular weight excluding hydrogens is 308 g/mol. The van der Waals surface area contributed by atoms with Gasteiger partial charge in [-0.3, -0.25) is 9.59 Å². The van der Waals surface area contributed by atoms with E-state index in [4.69, 9.17) is 4.74 Å². The van der Waals surface area contributed by atoms with Gasteiger partial charge in [-0.2, -0.15) is 0 Å². The van der Waals surface area contributed by atoms with Gasteiger partial charge < -0.3 is 19.3 Å². The average Bonchev–Trinajstić information content (AvgIpc) is 2.96. The first-order chi connectivity index (χ1) is 11.6. The number of aromatic nitrogens is 1. The fourth-order valence-corrected chi connectivity index (χ4v) is 2.77. The molecule has 1 amide bonds.